The monoisotopic (exact) mass is 244 g/mol. The van der Waals surface area contributed by atoms with E-state index in [0.29, 0.717) is 12.0 Å². The molecule has 1 unspecified atom stereocenters. The summed E-state index contributed by atoms with van der Waals surface area (Å²) in [6.07, 6.45) is 0. The Kier molecular flexibility index (Phi) is 8.01. The summed E-state index contributed by atoms with van der Waals surface area (Å²) < 4.78 is 5.19. The molecule has 0 radical (unpaired) electrons. The second-order valence-corrected chi connectivity index (χ2v) is 6.06. The van der Waals surface area contributed by atoms with Crippen molar-refractivity contribution in [1.29, 1.82) is 0 Å². The smallest absolute Gasteiger partial charge is 0.0589 e. The molecule has 1 atom stereocenters. The first-order valence-corrected chi connectivity index (χ1v) is 6.79. The molecule has 3 nitrogen and oxygen atoms in total. The van der Waals surface area contributed by atoms with E-state index in [1.807, 2.05) is 0 Å². The molecule has 0 spiro atoms. The van der Waals surface area contributed by atoms with Crippen LogP contribution < -0.4 is 5.32 Å². The molecule has 0 aromatic heterocycles. The Morgan fingerprint density at radius 2 is 1.82 bits per heavy atom. The van der Waals surface area contributed by atoms with Crippen LogP contribution in [0.5, 0.6) is 0 Å². The summed E-state index contributed by atoms with van der Waals surface area (Å²) in [6.45, 7) is 17.4. The molecule has 1 N–H and O–H groups in total. The van der Waals surface area contributed by atoms with E-state index in [0.717, 1.165) is 26.2 Å². The normalized spacial score (nSPS) is 14.6. The number of hydrogen-bond donors (Lipinski definition) is 1. The Morgan fingerprint density at radius 3 is 2.18 bits per heavy atom. The van der Waals surface area contributed by atoms with Gasteiger partial charge in [0.1, 0.15) is 0 Å². The summed E-state index contributed by atoms with van der Waals surface area (Å²) in [5, 5.41) is 3.61. The summed E-state index contributed by atoms with van der Waals surface area (Å²) in [5.74, 6) is 0.654. The quantitative estimate of drug-likeness (QED) is 0.709. The SMILES string of the molecule is CCN(CCOC)C(CNC(C)(C)C)C(C)C. The van der Waals surface area contributed by atoms with E-state index >= 15 is 0 Å². The topological polar surface area (TPSA) is 24.5 Å². The molecular formula is C14H32N2O. The second-order valence-electron chi connectivity index (χ2n) is 6.06. The third kappa shape index (κ3) is 7.74. The van der Waals surface area contributed by atoms with Gasteiger partial charge in [0.05, 0.1) is 6.61 Å². The van der Waals surface area contributed by atoms with Crippen molar-refractivity contribution in [2.75, 3.05) is 33.4 Å². The van der Waals surface area contributed by atoms with Crippen molar-refractivity contribution in [3.05, 3.63) is 0 Å². The molecule has 0 fully saturated rings. The minimum absolute atomic E-state index is 0.188. The molecule has 0 aliphatic carbocycles. The van der Waals surface area contributed by atoms with Gasteiger partial charge in [-0.05, 0) is 33.2 Å². The van der Waals surface area contributed by atoms with Gasteiger partial charge in [-0.2, -0.15) is 0 Å². The van der Waals surface area contributed by atoms with Crippen LogP contribution in [0.4, 0.5) is 0 Å². The maximum Gasteiger partial charge on any atom is 0.0589 e. The summed E-state index contributed by atoms with van der Waals surface area (Å²) in [4.78, 5) is 2.51. The zero-order valence-electron chi connectivity index (χ0n) is 12.8. The molecule has 104 valence electrons. The minimum Gasteiger partial charge on any atom is -0.383 e. The summed E-state index contributed by atoms with van der Waals surface area (Å²) >= 11 is 0. The van der Waals surface area contributed by atoms with Crippen LogP contribution in [0.2, 0.25) is 0 Å². The lowest BCUT2D eigenvalue weighted by Gasteiger charge is -2.36. The van der Waals surface area contributed by atoms with Gasteiger partial charge in [-0.3, -0.25) is 4.90 Å². The van der Waals surface area contributed by atoms with Gasteiger partial charge in [0.15, 0.2) is 0 Å². The van der Waals surface area contributed by atoms with Crippen molar-refractivity contribution in [1.82, 2.24) is 10.2 Å². The third-order valence-corrected chi connectivity index (χ3v) is 3.07. The molecule has 17 heavy (non-hydrogen) atoms. The Hall–Kier alpha value is -0.120. The van der Waals surface area contributed by atoms with Crippen molar-refractivity contribution in [3.63, 3.8) is 0 Å². The maximum atomic E-state index is 5.19. The molecule has 0 rings (SSSR count). The van der Waals surface area contributed by atoms with E-state index in [9.17, 15) is 0 Å². The first-order valence-electron chi connectivity index (χ1n) is 6.79. The van der Waals surface area contributed by atoms with Crippen molar-refractivity contribution in [2.45, 2.75) is 53.1 Å². The third-order valence-electron chi connectivity index (χ3n) is 3.07. The number of hydrogen-bond acceptors (Lipinski definition) is 3. The van der Waals surface area contributed by atoms with Gasteiger partial charge in [-0.15, -0.1) is 0 Å². The number of ether oxygens (including phenoxy) is 1. The highest BCUT2D eigenvalue weighted by atomic mass is 16.5. The standard InChI is InChI=1S/C14H32N2O/c1-8-16(9-10-17-7)13(12(2)3)11-15-14(4,5)6/h12-13,15H,8-11H2,1-7H3. The largest absolute Gasteiger partial charge is 0.383 e. The van der Waals surface area contributed by atoms with Crippen LogP contribution >= 0.6 is 0 Å². The zero-order valence-corrected chi connectivity index (χ0v) is 12.8. The Balaban J connectivity index is 4.36. The van der Waals surface area contributed by atoms with E-state index in [-0.39, 0.29) is 5.54 Å². The fourth-order valence-corrected chi connectivity index (χ4v) is 1.96. The van der Waals surface area contributed by atoms with Crippen LogP contribution in [0.3, 0.4) is 0 Å². The number of nitrogens with one attached hydrogen (secondary N) is 1. The predicted molar refractivity (Wildman–Crippen MR) is 75.5 cm³/mol. The lowest BCUT2D eigenvalue weighted by atomic mass is 10.0. The van der Waals surface area contributed by atoms with Crippen molar-refractivity contribution < 1.29 is 4.74 Å². The Labute approximate surface area is 108 Å². The molecule has 3 heteroatoms. The van der Waals surface area contributed by atoms with Crippen molar-refractivity contribution in [3.8, 4) is 0 Å². The van der Waals surface area contributed by atoms with Gasteiger partial charge in [-0.25, -0.2) is 0 Å². The van der Waals surface area contributed by atoms with Crippen molar-refractivity contribution in [2.24, 2.45) is 5.92 Å². The molecule has 0 saturated heterocycles. The molecule has 0 aromatic carbocycles. The van der Waals surface area contributed by atoms with E-state index in [4.69, 9.17) is 4.74 Å². The number of methoxy groups -OCH3 is 1. The van der Waals surface area contributed by atoms with Crippen molar-refractivity contribution >= 4 is 0 Å². The predicted octanol–water partition coefficient (Wildman–Crippen LogP) is 2.37. The average Bonchev–Trinajstić information content (AvgIpc) is 2.20. The molecule has 0 saturated carbocycles. The minimum atomic E-state index is 0.188. The second kappa shape index (κ2) is 8.06. The van der Waals surface area contributed by atoms with Crippen LogP contribution in [0.25, 0.3) is 0 Å². The fraction of sp³-hybridized carbons (Fsp3) is 1.00. The summed E-state index contributed by atoms with van der Waals surface area (Å²) in [6, 6.07) is 0.578. The first kappa shape index (κ1) is 16.9. The fourth-order valence-electron chi connectivity index (χ4n) is 1.96. The number of rotatable bonds is 8. The van der Waals surface area contributed by atoms with Gasteiger partial charge in [0, 0.05) is 31.8 Å². The number of likely N-dealkylation sites (N-methyl/N-ethyl adjacent to an activating group) is 1. The number of nitrogens with zero attached hydrogens (tertiary/aromatic N) is 1. The summed E-state index contributed by atoms with van der Waals surface area (Å²) in [5.41, 5.74) is 0.188. The molecular weight excluding hydrogens is 212 g/mol. The van der Waals surface area contributed by atoms with Crippen LogP contribution in [-0.4, -0.2) is 49.8 Å². The van der Waals surface area contributed by atoms with Crippen LogP contribution in [0.15, 0.2) is 0 Å². The van der Waals surface area contributed by atoms with E-state index < -0.39 is 0 Å². The van der Waals surface area contributed by atoms with Gasteiger partial charge in [0.2, 0.25) is 0 Å². The average molecular weight is 244 g/mol. The highest BCUT2D eigenvalue weighted by molar-refractivity contribution is 4.80. The highest BCUT2D eigenvalue weighted by Gasteiger charge is 2.22. The molecule has 0 bridgehead atoms. The molecule has 0 heterocycles. The van der Waals surface area contributed by atoms with E-state index in [1.165, 1.54) is 0 Å². The lowest BCUT2D eigenvalue weighted by Crippen LogP contribution is -2.50. The van der Waals surface area contributed by atoms with E-state index in [2.05, 4.69) is 51.8 Å². The van der Waals surface area contributed by atoms with Gasteiger partial charge in [-0.1, -0.05) is 20.8 Å². The van der Waals surface area contributed by atoms with Gasteiger partial charge in [0.25, 0.3) is 0 Å². The molecule has 0 aliphatic rings. The molecule has 0 aromatic rings. The lowest BCUT2D eigenvalue weighted by molar-refractivity contribution is 0.100. The van der Waals surface area contributed by atoms with Crippen LogP contribution in [0.1, 0.15) is 41.5 Å². The molecule has 0 amide bonds. The highest BCUT2D eigenvalue weighted by Crippen LogP contribution is 2.11. The summed E-state index contributed by atoms with van der Waals surface area (Å²) in [7, 11) is 1.77. The first-order chi connectivity index (χ1) is 7.81. The maximum absolute atomic E-state index is 5.19. The molecule has 0 aliphatic heterocycles. The van der Waals surface area contributed by atoms with Crippen LogP contribution in [-0.2, 0) is 4.74 Å². The zero-order chi connectivity index (χ0) is 13.5. The van der Waals surface area contributed by atoms with Gasteiger partial charge >= 0.3 is 0 Å². The van der Waals surface area contributed by atoms with Gasteiger partial charge < -0.3 is 10.1 Å². The van der Waals surface area contributed by atoms with E-state index in [1.54, 1.807) is 7.11 Å². The Bertz CT molecular complexity index is 187. The Morgan fingerprint density at radius 1 is 1.24 bits per heavy atom. The van der Waals surface area contributed by atoms with Crippen LogP contribution in [0, 0.1) is 5.92 Å².